The van der Waals surface area contributed by atoms with E-state index < -0.39 is 0 Å². The quantitative estimate of drug-likeness (QED) is 0.571. The summed E-state index contributed by atoms with van der Waals surface area (Å²) in [6.45, 7) is 1.94. The minimum atomic E-state index is -0.142. The monoisotopic (exact) mass is 370 g/mol. The molecule has 0 aliphatic carbocycles. The lowest BCUT2D eigenvalue weighted by atomic mass is 10.2. The van der Waals surface area contributed by atoms with Gasteiger partial charge in [-0.15, -0.1) is 11.3 Å². The van der Waals surface area contributed by atoms with Gasteiger partial charge in [0, 0.05) is 29.9 Å². The van der Waals surface area contributed by atoms with Crippen LogP contribution in [-0.2, 0) is 7.05 Å². The van der Waals surface area contributed by atoms with Gasteiger partial charge in [0.05, 0.1) is 21.9 Å². The Morgan fingerprint density at radius 2 is 2.00 bits per heavy atom. The minimum absolute atomic E-state index is 0.142. The zero-order valence-corrected chi connectivity index (χ0v) is 15.2. The number of halogens is 1. The Hall–Kier alpha value is -2.57. The van der Waals surface area contributed by atoms with Crippen molar-refractivity contribution in [1.82, 2.24) is 14.3 Å². The number of nitrogens with zero attached hydrogens (tertiary/aromatic N) is 3. The fourth-order valence-corrected chi connectivity index (χ4v) is 4.01. The van der Waals surface area contributed by atoms with E-state index in [0.29, 0.717) is 15.6 Å². The number of thiophene rings is 1. The van der Waals surface area contributed by atoms with E-state index in [-0.39, 0.29) is 5.91 Å². The Kier molecular flexibility index (Phi) is 3.86. The Bertz CT molecular complexity index is 1040. The average molecular weight is 371 g/mol. The van der Waals surface area contributed by atoms with E-state index in [2.05, 4.69) is 10.4 Å². The second kappa shape index (κ2) is 6.06. The molecule has 5 nitrogen and oxygen atoms in total. The molecule has 25 heavy (non-hydrogen) atoms. The molecule has 0 radical (unpaired) electrons. The summed E-state index contributed by atoms with van der Waals surface area (Å²) in [5.74, 6) is -0.142. The Morgan fingerprint density at radius 3 is 2.72 bits per heavy atom. The number of hydrogen-bond donors (Lipinski definition) is 1. The standard InChI is InChI=1S/C18H15ClN4OS/c1-11-13-10-16(25-18(13)22(2)21-11)17(24)20-14-6-5-12(19)9-15(14)23-7-3-4-8-23/h3-10H,1-2H3,(H,20,24). The number of nitrogens with one attached hydrogen (secondary N) is 1. The zero-order valence-electron chi connectivity index (χ0n) is 13.7. The van der Waals surface area contributed by atoms with Crippen LogP contribution in [0.15, 0.2) is 48.8 Å². The predicted molar refractivity (Wildman–Crippen MR) is 102 cm³/mol. The van der Waals surface area contributed by atoms with E-state index in [0.717, 1.165) is 21.6 Å². The van der Waals surface area contributed by atoms with Crippen LogP contribution >= 0.6 is 22.9 Å². The lowest BCUT2D eigenvalue weighted by molar-refractivity contribution is 0.103. The number of carbonyl (C=O) groups excluding carboxylic acids is 1. The van der Waals surface area contributed by atoms with Crippen molar-refractivity contribution in [2.24, 2.45) is 7.05 Å². The Morgan fingerprint density at radius 1 is 1.24 bits per heavy atom. The molecule has 126 valence electrons. The van der Waals surface area contributed by atoms with Crippen LogP contribution in [0, 0.1) is 6.92 Å². The lowest BCUT2D eigenvalue weighted by Gasteiger charge is -2.12. The van der Waals surface area contributed by atoms with Gasteiger partial charge in [0.1, 0.15) is 4.83 Å². The number of carbonyl (C=O) groups is 1. The van der Waals surface area contributed by atoms with Gasteiger partial charge in [0.25, 0.3) is 5.91 Å². The number of hydrogen-bond acceptors (Lipinski definition) is 3. The molecule has 0 bridgehead atoms. The van der Waals surface area contributed by atoms with Crippen molar-refractivity contribution in [3.05, 3.63) is 64.4 Å². The molecule has 1 amide bonds. The summed E-state index contributed by atoms with van der Waals surface area (Å²) in [6.07, 6.45) is 3.82. The van der Waals surface area contributed by atoms with Crippen molar-refractivity contribution in [1.29, 1.82) is 0 Å². The van der Waals surface area contributed by atoms with Crippen LogP contribution in [0.4, 0.5) is 5.69 Å². The molecule has 0 unspecified atom stereocenters. The largest absolute Gasteiger partial charge is 0.322 e. The summed E-state index contributed by atoms with van der Waals surface area (Å²) in [5.41, 5.74) is 2.45. The summed E-state index contributed by atoms with van der Waals surface area (Å²) in [4.78, 5) is 14.4. The number of anilines is 1. The van der Waals surface area contributed by atoms with Gasteiger partial charge >= 0.3 is 0 Å². The molecule has 0 aliphatic heterocycles. The molecule has 0 aliphatic rings. The van der Waals surface area contributed by atoms with Gasteiger partial charge in [0.2, 0.25) is 0 Å². The van der Waals surface area contributed by atoms with Gasteiger partial charge in [-0.05, 0) is 43.3 Å². The fraction of sp³-hybridized carbons (Fsp3) is 0.111. The second-order valence-corrected chi connectivity index (χ2v) is 7.21. The summed E-state index contributed by atoms with van der Waals surface area (Å²) in [6, 6.07) is 11.2. The number of rotatable bonds is 3. The number of amides is 1. The first-order valence-corrected chi connectivity index (χ1v) is 8.90. The van der Waals surface area contributed by atoms with Crippen molar-refractivity contribution in [2.45, 2.75) is 6.92 Å². The SMILES string of the molecule is Cc1nn(C)c2sc(C(=O)Nc3ccc(Cl)cc3-n3cccc3)cc12. The van der Waals surface area contributed by atoms with Crippen molar-refractivity contribution in [3.8, 4) is 5.69 Å². The van der Waals surface area contributed by atoms with Crippen molar-refractivity contribution in [2.75, 3.05) is 5.32 Å². The zero-order chi connectivity index (χ0) is 17.6. The average Bonchev–Trinajstić information content (AvgIpc) is 3.29. The third-order valence-corrected chi connectivity index (χ3v) is 5.45. The maximum Gasteiger partial charge on any atom is 0.265 e. The van der Waals surface area contributed by atoms with Crippen LogP contribution in [0.2, 0.25) is 5.02 Å². The smallest absolute Gasteiger partial charge is 0.265 e. The number of aryl methyl sites for hydroxylation is 2. The summed E-state index contributed by atoms with van der Waals surface area (Å²) in [5, 5.41) is 8.99. The van der Waals surface area contributed by atoms with Gasteiger partial charge in [-0.25, -0.2) is 0 Å². The molecule has 0 saturated heterocycles. The highest BCUT2D eigenvalue weighted by Crippen LogP contribution is 2.30. The van der Waals surface area contributed by atoms with Gasteiger partial charge in [0.15, 0.2) is 0 Å². The van der Waals surface area contributed by atoms with Crippen LogP contribution in [0.25, 0.3) is 15.9 Å². The topological polar surface area (TPSA) is 51.9 Å². The molecule has 3 aromatic heterocycles. The van der Waals surface area contributed by atoms with E-state index in [9.17, 15) is 4.79 Å². The van der Waals surface area contributed by atoms with Gasteiger partial charge in [-0.3, -0.25) is 9.48 Å². The molecular formula is C18H15ClN4OS. The Labute approximate surface area is 153 Å². The first-order chi connectivity index (χ1) is 12.0. The summed E-state index contributed by atoms with van der Waals surface area (Å²) < 4.78 is 3.72. The molecule has 7 heteroatoms. The van der Waals surface area contributed by atoms with Crippen LogP contribution in [0.5, 0.6) is 0 Å². The third-order valence-electron chi connectivity index (χ3n) is 4.01. The molecule has 4 aromatic rings. The summed E-state index contributed by atoms with van der Waals surface area (Å²) in [7, 11) is 1.89. The number of fused-ring (bicyclic) bond motifs is 1. The molecule has 1 N–H and O–H groups in total. The maximum atomic E-state index is 12.7. The number of benzene rings is 1. The highest BCUT2D eigenvalue weighted by atomic mass is 35.5. The minimum Gasteiger partial charge on any atom is -0.322 e. The molecule has 4 rings (SSSR count). The number of aromatic nitrogens is 3. The fourth-order valence-electron chi connectivity index (χ4n) is 2.82. The van der Waals surface area contributed by atoms with Crippen LogP contribution < -0.4 is 5.32 Å². The summed E-state index contributed by atoms with van der Waals surface area (Å²) >= 11 is 7.56. The maximum absolute atomic E-state index is 12.7. The van der Waals surface area contributed by atoms with Crippen LogP contribution in [0.3, 0.4) is 0 Å². The molecule has 1 aromatic carbocycles. The van der Waals surface area contributed by atoms with Gasteiger partial charge in [-0.2, -0.15) is 5.10 Å². The molecule has 0 atom stereocenters. The highest BCUT2D eigenvalue weighted by molar-refractivity contribution is 7.20. The first kappa shape index (κ1) is 15.9. The normalized spacial score (nSPS) is 11.2. The highest BCUT2D eigenvalue weighted by Gasteiger charge is 2.16. The van der Waals surface area contributed by atoms with Crippen LogP contribution in [0.1, 0.15) is 15.4 Å². The predicted octanol–water partition coefficient (Wildman–Crippen LogP) is 4.64. The van der Waals surface area contributed by atoms with E-state index in [1.165, 1.54) is 11.3 Å². The molecule has 3 heterocycles. The molecule has 0 fully saturated rings. The molecular weight excluding hydrogens is 356 g/mol. The van der Waals surface area contributed by atoms with Crippen molar-refractivity contribution >= 4 is 44.7 Å². The second-order valence-electron chi connectivity index (χ2n) is 5.74. The van der Waals surface area contributed by atoms with Gasteiger partial charge < -0.3 is 9.88 Å². The van der Waals surface area contributed by atoms with Crippen molar-refractivity contribution < 1.29 is 4.79 Å². The first-order valence-electron chi connectivity index (χ1n) is 7.70. The van der Waals surface area contributed by atoms with E-state index >= 15 is 0 Å². The van der Waals surface area contributed by atoms with Crippen molar-refractivity contribution in [3.63, 3.8) is 0 Å². The van der Waals surface area contributed by atoms with E-state index in [1.807, 2.05) is 61.3 Å². The van der Waals surface area contributed by atoms with E-state index in [1.54, 1.807) is 10.7 Å². The van der Waals surface area contributed by atoms with Crippen LogP contribution in [-0.4, -0.2) is 20.3 Å². The third kappa shape index (κ3) is 2.83. The molecule has 0 saturated carbocycles. The van der Waals surface area contributed by atoms with E-state index in [4.69, 9.17) is 11.6 Å². The van der Waals surface area contributed by atoms with Gasteiger partial charge in [-0.1, -0.05) is 11.6 Å². The lowest BCUT2D eigenvalue weighted by Crippen LogP contribution is -2.12. The molecule has 0 spiro atoms. The Balaban J connectivity index is 1.69.